The number of Topliss-reactive ketones (excluding diaryl/α,β-unsaturated/α-hetero) is 1. The molecule has 1 aromatic heterocycles. The van der Waals surface area contributed by atoms with E-state index < -0.39 is 10.9 Å². The zero-order chi connectivity index (χ0) is 24.7. The first kappa shape index (κ1) is 25.4. The Morgan fingerprint density at radius 1 is 1.32 bits per heavy atom. The van der Waals surface area contributed by atoms with Crippen molar-refractivity contribution in [3.05, 3.63) is 92.5 Å². The molecule has 0 amide bonds. The number of aromatic nitrogens is 2. The lowest BCUT2D eigenvalue weighted by Crippen LogP contribution is -2.34. The summed E-state index contributed by atoms with van der Waals surface area (Å²) in [5.41, 5.74) is 1.33. The van der Waals surface area contributed by atoms with E-state index in [2.05, 4.69) is 4.98 Å². The first-order chi connectivity index (χ1) is 16.2. The zero-order valence-electron chi connectivity index (χ0n) is 18.0. The van der Waals surface area contributed by atoms with Crippen molar-refractivity contribution in [2.45, 2.75) is 25.4 Å². The number of nitrogens with zero attached hydrogens (tertiary/aromatic N) is 3. The lowest BCUT2D eigenvalue weighted by Gasteiger charge is -2.30. The van der Waals surface area contributed by atoms with Crippen LogP contribution in [0.5, 0.6) is 5.75 Å². The van der Waals surface area contributed by atoms with Gasteiger partial charge in [0.05, 0.1) is 24.5 Å². The van der Waals surface area contributed by atoms with E-state index in [4.69, 9.17) is 52.7 Å². The number of carbonyl (C=O) groups excluding carboxylic acids is 1. The van der Waals surface area contributed by atoms with Gasteiger partial charge in [0.15, 0.2) is 5.78 Å². The van der Waals surface area contributed by atoms with Gasteiger partial charge in [0.2, 0.25) is 5.79 Å². The fraction of sp³-hybridized carbons (Fsp3) is 0.273. The van der Waals surface area contributed by atoms with Crippen molar-refractivity contribution in [3.63, 3.8) is 0 Å². The van der Waals surface area contributed by atoms with Gasteiger partial charge in [0.25, 0.3) is 5.09 Å². The topological polar surface area (TPSA) is 126 Å². The van der Waals surface area contributed by atoms with Crippen LogP contribution in [0.25, 0.3) is 0 Å². The Balaban J connectivity index is 0.000000751. The van der Waals surface area contributed by atoms with E-state index in [0.29, 0.717) is 40.1 Å². The quantitative estimate of drug-likeness (QED) is 0.282. The van der Waals surface area contributed by atoms with Crippen molar-refractivity contribution in [3.8, 4) is 5.75 Å². The average Bonchev–Trinajstić information content (AvgIpc) is 3.43. The summed E-state index contributed by atoms with van der Waals surface area (Å²) in [6.07, 6.45) is 4.90. The fourth-order valence-corrected chi connectivity index (χ4v) is 3.90. The standard InChI is InChI=1S/C22H20Cl2N2O4.HNO3/c1-15(27)16-2-5-18(6-3-16)28-11-19-12-29-22(30-19,13-26-9-8-25-14-26)20-7-4-17(23)10-21(20)24;2-1(3)4/h2-10,14,19H,11-13H2,1H3;(H,2,3,4). The number of imidazole rings is 1. The Kier molecular flexibility index (Phi) is 8.46. The molecule has 0 radical (unpaired) electrons. The number of ketones is 1. The van der Waals surface area contributed by atoms with E-state index in [1.165, 1.54) is 6.92 Å². The Hall–Kier alpha value is -3.18. The summed E-state index contributed by atoms with van der Waals surface area (Å²) >= 11 is 12.5. The highest BCUT2D eigenvalue weighted by molar-refractivity contribution is 6.35. The Morgan fingerprint density at radius 2 is 2.03 bits per heavy atom. The van der Waals surface area contributed by atoms with Crippen LogP contribution in [0.1, 0.15) is 22.8 Å². The van der Waals surface area contributed by atoms with Gasteiger partial charge in [0.1, 0.15) is 18.5 Å². The molecule has 2 atom stereocenters. The fourth-order valence-electron chi connectivity index (χ4n) is 3.35. The molecule has 34 heavy (non-hydrogen) atoms. The van der Waals surface area contributed by atoms with Crippen LogP contribution in [0.15, 0.2) is 61.2 Å². The van der Waals surface area contributed by atoms with Crippen LogP contribution >= 0.6 is 23.2 Å². The molecule has 0 saturated carbocycles. The number of halogens is 2. The highest BCUT2D eigenvalue weighted by Crippen LogP contribution is 2.40. The predicted molar refractivity (Wildman–Crippen MR) is 122 cm³/mol. The molecule has 1 N–H and O–H groups in total. The van der Waals surface area contributed by atoms with Crippen LogP contribution in [-0.2, 0) is 21.8 Å². The number of hydrogen-bond donors (Lipinski definition) is 1. The van der Waals surface area contributed by atoms with Crippen molar-refractivity contribution in [2.24, 2.45) is 0 Å². The van der Waals surface area contributed by atoms with Crippen LogP contribution in [0.4, 0.5) is 0 Å². The maximum absolute atomic E-state index is 11.4. The summed E-state index contributed by atoms with van der Waals surface area (Å²) in [7, 11) is 0. The van der Waals surface area contributed by atoms with Crippen molar-refractivity contribution in [2.75, 3.05) is 13.2 Å². The highest BCUT2D eigenvalue weighted by Gasteiger charge is 2.45. The van der Waals surface area contributed by atoms with Crippen molar-refractivity contribution >= 4 is 29.0 Å². The number of carbonyl (C=O) groups is 1. The number of rotatable bonds is 7. The smallest absolute Gasteiger partial charge is 0.291 e. The van der Waals surface area contributed by atoms with E-state index >= 15 is 0 Å². The first-order valence-electron chi connectivity index (χ1n) is 9.98. The number of ether oxygens (including phenoxy) is 3. The minimum Gasteiger partial charge on any atom is -0.491 e. The molecule has 1 aliphatic heterocycles. The van der Waals surface area contributed by atoms with Gasteiger partial charge in [-0.15, -0.1) is 10.1 Å². The largest absolute Gasteiger partial charge is 0.491 e. The normalized spacial score (nSPS) is 19.2. The predicted octanol–water partition coefficient (Wildman–Crippen LogP) is 4.39. The molecule has 180 valence electrons. The molecule has 12 heteroatoms. The Bertz CT molecular complexity index is 1120. The van der Waals surface area contributed by atoms with Gasteiger partial charge in [-0.3, -0.25) is 4.79 Å². The van der Waals surface area contributed by atoms with Gasteiger partial charge in [-0.25, -0.2) is 4.98 Å². The summed E-state index contributed by atoms with van der Waals surface area (Å²) in [5.74, 6) is -0.423. The SMILES string of the molecule is CC(=O)c1ccc(OCC2COC(Cn3ccnc3)(c3ccc(Cl)cc3Cl)O2)cc1.O=[N+]([O-])O. The molecule has 0 aliphatic carbocycles. The molecule has 1 saturated heterocycles. The third kappa shape index (κ3) is 6.67. The molecule has 1 fully saturated rings. The second-order valence-electron chi connectivity index (χ2n) is 7.29. The van der Waals surface area contributed by atoms with Crippen LogP contribution in [0.3, 0.4) is 0 Å². The molecule has 2 unspecified atom stereocenters. The summed E-state index contributed by atoms with van der Waals surface area (Å²) in [6, 6.07) is 12.2. The van der Waals surface area contributed by atoms with Gasteiger partial charge in [-0.1, -0.05) is 29.3 Å². The lowest BCUT2D eigenvalue weighted by molar-refractivity contribution is -0.742. The minimum absolute atomic E-state index is 0.0122. The first-order valence-corrected chi connectivity index (χ1v) is 10.7. The molecule has 1 aliphatic rings. The number of hydrogen-bond acceptors (Lipinski definition) is 7. The monoisotopic (exact) mass is 509 g/mol. The highest BCUT2D eigenvalue weighted by atomic mass is 35.5. The Morgan fingerprint density at radius 3 is 2.62 bits per heavy atom. The molecule has 0 spiro atoms. The molecule has 0 bridgehead atoms. The zero-order valence-corrected chi connectivity index (χ0v) is 19.5. The molecule has 3 aromatic rings. The van der Waals surface area contributed by atoms with Crippen molar-refractivity contribution in [1.29, 1.82) is 0 Å². The summed E-state index contributed by atoms with van der Waals surface area (Å²) in [6.45, 7) is 2.52. The van der Waals surface area contributed by atoms with Gasteiger partial charge in [-0.2, -0.15) is 0 Å². The maximum atomic E-state index is 11.4. The van der Waals surface area contributed by atoms with Crippen molar-refractivity contribution < 1.29 is 29.3 Å². The molecule has 2 aromatic carbocycles. The van der Waals surface area contributed by atoms with Crippen LogP contribution < -0.4 is 4.74 Å². The number of benzene rings is 2. The van der Waals surface area contributed by atoms with E-state index in [9.17, 15) is 4.79 Å². The molecular formula is C22H21Cl2N3O7. The third-order valence-corrected chi connectivity index (χ3v) is 5.40. The Labute approximate surface area is 204 Å². The molecule has 2 heterocycles. The molecule has 4 rings (SSSR count). The molecule has 10 nitrogen and oxygen atoms in total. The van der Waals surface area contributed by atoms with Gasteiger partial charge in [-0.05, 0) is 43.3 Å². The van der Waals surface area contributed by atoms with E-state index in [0.717, 1.165) is 0 Å². The van der Waals surface area contributed by atoms with E-state index in [1.54, 1.807) is 48.9 Å². The van der Waals surface area contributed by atoms with Crippen LogP contribution in [0, 0.1) is 10.1 Å². The van der Waals surface area contributed by atoms with Crippen molar-refractivity contribution in [1.82, 2.24) is 9.55 Å². The lowest BCUT2D eigenvalue weighted by atomic mass is 10.1. The minimum atomic E-state index is -1.50. The molecular weight excluding hydrogens is 489 g/mol. The van der Waals surface area contributed by atoms with Gasteiger partial charge < -0.3 is 24.0 Å². The summed E-state index contributed by atoms with van der Waals surface area (Å²) in [4.78, 5) is 23.9. The van der Waals surface area contributed by atoms with Crippen LogP contribution in [0.2, 0.25) is 10.0 Å². The summed E-state index contributed by atoms with van der Waals surface area (Å²) in [5, 5.41) is 14.6. The van der Waals surface area contributed by atoms with E-state index in [-0.39, 0.29) is 18.5 Å². The summed E-state index contributed by atoms with van der Waals surface area (Å²) < 4.78 is 20.2. The average molecular weight is 510 g/mol. The van der Waals surface area contributed by atoms with Gasteiger partial charge >= 0.3 is 0 Å². The maximum Gasteiger partial charge on any atom is 0.291 e. The second-order valence-corrected chi connectivity index (χ2v) is 8.14. The van der Waals surface area contributed by atoms with Gasteiger partial charge in [0, 0.05) is 28.5 Å². The second kappa shape index (κ2) is 11.3. The third-order valence-electron chi connectivity index (χ3n) is 4.85. The van der Waals surface area contributed by atoms with E-state index in [1.807, 2.05) is 16.8 Å². The van der Waals surface area contributed by atoms with Crippen LogP contribution in [-0.4, -0.2) is 44.9 Å².